The van der Waals surface area contributed by atoms with Crippen LogP contribution >= 0.6 is 0 Å². The molecule has 0 aliphatic heterocycles. The number of likely N-dealkylation sites (N-methyl/N-ethyl adjacent to an activating group) is 1. The Morgan fingerprint density at radius 2 is 1.68 bits per heavy atom. The molecule has 28 heavy (non-hydrogen) atoms. The Morgan fingerprint density at radius 1 is 1.04 bits per heavy atom. The molecule has 2 rings (SSSR count). The Kier molecular flexibility index (Phi) is 8.02. The zero-order valence-electron chi connectivity index (χ0n) is 18.5. The Hall–Kier alpha value is -1.91. The van der Waals surface area contributed by atoms with Crippen molar-refractivity contribution in [1.82, 2.24) is 15.1 Å². The molecule has 1 N–H and O–H groups in total. The lowest BCUT2D eigenvalue weighted by atomic mass is 9.75. The smallest absolute Gasteiger partial charge is 0.234 e. The maximum atomic E-state index is 13.1. The van der Waals surface area contributed by atoms with Crippen LogP contribution in [-0.4, -0.2) is 56.0 Å². The molecule has 1 atom stereocenters. The first-order chi connectivity index (χ1) is 13.3. The summed E-state index contributed by atoms with van der Waals surface area (Å²) in [6.07, 6.45) is 0.871. The number of hydrogen-bond donors (Lipinski definition) is 1. The minimum absolute atomic E-state index is 0.101. The summed E-state index contributed by atoms with van der Waals surface area (Å²) in [6, 6.07) is 14.9. The SMILES string of the molecule is CCN(CC)CC(=O)NC(CCN(C)C)(c1cccc2ccccc12)C(C)C. The first kappa shape index (κ1) is 22.4. The lowest BCUT2D eigenvalue weighted by molar-refractivity contribution is -0.125. The lowest BCUT2D eigenvalue weighted by Crippen LogP contribution is -2.53. The summed E-state index contributed by atoms with van der Waals surface area (Å²) in [4.78, 5) is 17.4. The molecule has 0 aromatic heterocycles. The van der Waals surface area contributed by atoms with Gasteiger partial charge in [0.15, 0.2) is 0 Å². The van der Waals surface area contributed by atoms with Gasteiger partial charge in [0.2, 0.25) is 5.91 Å². The second-order valence-electron chi connectivity index (χ2n) is 8.22. The molecule has 4 heteroatoms. The third-order valence-corrected chi connectivity index (χ3v) is 5.83. The molecule has 4 nitrogen and oxygen atoms in total. The number of carbonyl (C=O) groups excluding carboxylic acids is 1. The molecule has 0 spiro atoms. The Balaban J connectivity index is 2.52. The third-order valence-electron chi connectivity index (χ3n) is 5.83. The zero-order valence-corrected chi connectivity index (χ0v) is 18.5. The van der Waals surface area contributed by atoms with Crippen molar-refractivity contribution in [2.75, 3.05) is 40.3 Å². The fourth-order valence-corrected chi connectivity index (χ4v) is 3.96. The highest BCUT2D eigenvalue weighted by Crippen LogP contribution is 2.37. The zero-order chi connectivity index (χ0) is 20.7. The van der Waals surface area contributed by atoms with Crippen LogP contribution in [0.25, 0.3) is 10.8 Å². The van der Waals surface area contributed by atoms with Crippen molar-refractivity contribution in [2.45, 2.75) is 39.7 Å². The fraction of sp³-hybridized carbons (Fsp3) is 0.542. The average Bonchev–Trinajstić information content (AvgIpc) is 2.68. The maximum Gasteiger partial charge on any atom is 0.234 e. The monoisotopic (exact) mass is 383 g/mol. The van der Waals surface area contributed by atoms with Gasteiger partial charge >= 0.3 is 0 Å². The van der Waals surface area contributed by atoms with E-state index in [9.17, 15) is 4.79 Å². The first-order valence-corrected chi connectivity index (χ1v) is 10.5. The van der Waals surface area contributed by atoms with Crippen LogP contribution < -0.4 is 5.32 Å². The number of fused-ring (bicyclic) bond motifs is 1. The lowest BCUT2D eigenvalue weighted by Gasteiger charge is -2.41. The fourth-order valence-electron chi connectivity index (χ4n) is 3.96. The quantitative estimate of drug-likeness (QED) is 0.671. The van der Waals surface area contributed by atoms with E-state index in [0.29, 0.717) is 6.54 Å². The van der Waals surface area contributed by atoms with E-state index >= 15 is 0 Å². The number of amides is 1. The van der Waals surface area contributed by atoms with Gasteiger partial charge in [-0.3, -0.25) is 9.69 Å². The van der Waals surface area contributed by atoms with Crippen molar-refractivity contribution in [3.63, 3.8) is 0 Å². The van der Waals surface area contributed by atoms with Crippen molar-refractivity contribution >= 4 is 16.7 Å². The highest BCUT2D eigenvalue weighted by Gasteiger charge is 2.38. The number of nitrogens with zero attached hydrogens (tertiary/aromatic N) is 2. The van der Waals surface area contributed by atoms with Crippen molar-refractivity contribution in [1.29, 1.82) is 0 Å². The molecule has 0 aliphatic rings. The van der Waals surface area contributed by atoms with Gasteiger partial charge in [0.1, 0.15) is 0 Å². The van der Waals surface area contributed by atoms with Crippen LogP contribution in [0.5, 0.6) is 0 Å². The third kappa shape index (κ3) is 5.12. The van der Waals surface area contributed by atoms with Gasteiger partial charge in [-0.05, 0) is 55.9 Å². The van der Waals surface area contributed by atoms with Crippen LogP contribution in [0.1, 0.15) is 39.7 Å². The summed E-state index contributed by atoms with van der Waals surface area (Å²) in [5.41, 5.74) is 0.811. The van der Waals surface area contributed by atoms with Gasteiger partial charge in [0.05, 0.1) is 12.1 Å². The van der Waals surface area contributed by atoms with Crippen molar-refractivity contribution in [2.24, 2.45) is 5.92 Å². The molecular weight excluding hydrogens is 346 g/mol. The Labute approximate surface area is 170 Å². The molecule has 0 bridgehead atoms. The van der Waals surface area contributed by atoms with Gasteiger partial charge in [0.25, 0.3) is 0 Å². The highest BCUT2D eigenvalue weighted by molar-refractivity contribution is 5.88. The van der Waals surface area contributed by atoms with Crippen LogP contribution in [0.4, 0.5) is 0 Å². The molecular formula is C24H37N3O. The summed E-state index contributed by atoms with van der Waals surface area (Å²) in [6.45, 7) is 11.7. The summed E-state index contributed by atoms with van der Waals surface area (Å²) >= 11 is 0. The van der Waals surface area contributed by atoms with Crippen LogP contribution in [0.2, 0.25) is 0 Å². The van der Waals surface area contributed by atoms with E-state index in [-0.39, 0.29) is 11.8 Å². The largest absolute Gasteiger partial charge is 0.345 e. The van der Waals surface area contributed by atoms with Crippen LogP contribution in [0, 0.1) is 5.92 Å². The van der Waals surface area contributed by atoms with E-state index in [4.69, 9.17) is 0 Å². The average molecular weight is 384 g/mol. The number of carbonyl (C=O) groups is 1. The van der Waals surface area contributed by atoms with Gasteiger partial charge in [-0.15, -0.1) is 0 Å². The van der Waals surface area contributed by atoms with E-state index in [1.165, 1.54) is 16.3 Å². The number of rotatable bonds is 10. The molecule has 154 valence electrons. The molecule has 0 saturated heterocycles. The molecule has 0 radical (unpaired) electrons. The van der Waals surface area contributed by atoms with E-state index < -0.39 is 5.54 Å². The Morgan fingerprint density at radius 3 is 2.29 bits per heavy atom. The van der Waals surface area contributed by atoms with E-state index in [2.05, 4.69) is 99.4 Å². The number of benzene rings is 2. The predicted octanol–water partition coefficient (Wildman–Crippen LogP) is 4.10. The van der Waals surface area contributed by atoms with Gasteiger partial charge < -0.3 is 10.2 Å². The minimum atomic E-state index is -0.407. The van der Waals surface area contributed by atoms with Gasteiger partial charge in [-0.2, -0.15) is 0 Å². The van der Waals surface area contributed by atoms with Crippen LogP contribution in [0.3, 0.4) is 0 Å². The van der Waals surface area contributed by atoms with Crippen molar-refractivity contribution in [3.05, 3.63) is 48.0 Å². The van der Waals surface area contributed by atoms with Crippen LogP contribution in [0.15, 0.2) is 42.5 Å². The highest BCUT2D eigenvalue weighted by atomic mass is 16.2. The summed E-state index contributed by atoms with van der Waals surface area (Å²) in [7, 11) is 4.18. The second kappa shape index (κ2) is 10.0. The molecule has 1 amide bonds. The molecule has 0 saturated carbocycles. The molecule has 1 unspecified atom stereocenters. The van der Waals surface area contributed by atoms with E-state index in [0.717, 1.165) is 26.1 Å². The topological polar surface area (TPSA) is 35.6 Å². The van der Waals surface area contributed by atoms with E-state index in [1.807, 2.05) is 0 Å². The molecule has 2 aromatic rings. The minimum Gasteiger partial charge on any atom is -0.345 e. The van der Waals surface area contributed by atoms with Gasteiger partial charge in [-0.25, -0.2) is 0 Å². The first-order valence-electron chi connectivity index (χ1n) is 10.5. The molecule has 0 heterocycles. The normalized spacial score (nSPS) is 14.0. The molecule has 0 fully saturated rings. The molecule has 2 aromatic carbocycles. The van der Waals surface area contributed by atoms with E-state index in [1.54, 1.807) is 0 Å². The predicted molar refractivity (Wildman–Crippen MR) is 120 cm³/mol. The standard InChI is InChI=1S/C24H37N3O/c1-7-27(8-2)18-23(28)25-24(19(3)4,16-17-26(5)6)22-15-11-13-20-12-9-10-14-21(20)22/h9-15,19H,7-8,16-18H2,1-6H3,(H,25,28). The summed E-state index contributed by atoms with van der Waals surface area (Å²) < 4.78 is 0. The van der Waals surface area contributed by atoms with Crippen molar-refractivity contribution in [3.8, 4) is 0 Å². The number of nitrogens with one attached hydrogen (secondary N) is 1. The second-order valence-corrected chi connectivity index (χ2v) is 8.22. The van der Waals surface area contributed by atoms with Crippen LogP contribution in [-0.2, 0) is 10.3 Å². The summed E-state index contributed by atoms with van der Waals surface area (Å²) in [5.74, 6) is 0.364. The molecule has 0 aliphatic carbocycles. The number of hydrogen-bond acceptors (Lipinski definition) is 3. The van der Waals surface area contributed by atoms with Crippen molar-refractivity contribution < 1.29 is 4.79 Å². The maximum absolute atomic E-state index is 13.1. The summed E-state index contributed by atoms with van der Waals surface area (Å²) in [5, 5.41) is 5.92. The van der Waals surface area contributed by atoms with Gasteiger partial charge in [0, 0.05) is 6.54 Å². The van der Waals surface area contributed by atoms with Gasteiger partial charge in [-0.1, -0.05) is 70.2 Å². The Bertz CT molecular complexity index is 762.